The summed E-state index contributed by atoms with van der Waals surface area (Å²) in [6.07, 6.45) is 0. The van der Waals surface area contributed by atoms with E-state index in [-0.39, 0.29) is 5.41 Å². The quantitative estimate of drug-likeness (QED) is 0.203. The van der Waals surface area contributed by atoms with Crippen LogP contribution in [0.3, 0.4) is 0 Å². The van der Waals surface area contributed by atoms with Gasteiger partial charge in [-0.3, -0.25) is 0 Å². The standard InChI is InChI=1S/C45H35N/c1-45(2)42-29-37(35-19-17-33(18-20-35)31-11-5-3-6-12-31)25-27-40(42)41-28-26-38(30-43(41)45)46-44-16-10-9-15-39(44)36-23-21-34(22-24-36)32-13-7-4-8-14-32/h3-30,46H,1-2H3. The Morgan fingerprint density at radius 3 is 1.39 bits per heavy atom. The van der Waals surface area contributed by atoms with E-state index >= 15 is 0 Å². The Morgan fingerprint density at radius 1 is 0.348 bits per heavy atom. The molecular formula is C45H35N. The zero-order valence-corrected chi connectivity index (χ0v) is 26.2. The number of fused-ring (bicyclic) bond motifs is 3. The summed E-state index contributed by atoms with van der Waals surface area (Å²) in [5.74, 6) is 0. The highest BCUT2D eigenvalue weighted by Crippen LogP contribution is 2.50. The van der Waals surface area contributed by atoms with E-state index in [4.69, 9.17) is 0 Å². The predicted molar refractivity (Wildman–Crippen MR) is 195 cm³/mol. The van der Waals surface area contributed by atoms with E-state index in [1.54, 1.807) is 0 Å². The van der Waals surface area contributed by atoms with Crippen LogP contribution in [0.2, 0.25) is 0 Å². The number of rotatable bonds is 6. The molecule has 0 bridgehead atoms. The zero-order chi connectivity index (χ0) is 31.1. The van der Waals surface area contributed by atoms with Gasteiger partial charge in [0.25, 0.3) is 0 Å². The predicted octanol–water partition coefficient (Wildman–Crippen LogP) is 12.4. The van der Waals surface area contributed by atoms with Gasteiger partial charge in [-0.1, -0.05) is 159 Å². The van der Waals surface area contributed by atoms with Crippen molar-refractivity contribution in [3.8, 4) is 55.6 Å². The third kappa shape index (κ3) is 5.01. The zero-order valence-electron chi connectivity index (χ0n) is 26.2. The van der Waals surface area contributed by atoms with Crippen molar-refractivity contribution in [2.75, 3.05) is 5.32 Å². The molecule has 0 fully saturated rings. The van der Waals surface area contributed by atoms with E-state index in [0.717, 1.165) is 11.4 Å². The summed E-state index contributed by atoms with van der Waals surface area (Å²) in [6.45, 7) is 4.71. The van der Waals surface area contributed by atoms with Crippen molar-refractivity contribution in [3.05, 3.63) is 181 Å². The van der Waals surface area contributed by atoms with Gasteiger partial charge in [-0.2, -0.15) is 0 Å². The fourth-order valence-corrected chi connectivity index (χ4v) is 6.95. The second-order valence-corrected chi connectivity index (χ2v) is 12.7. The number of benzene rings is 7. The minimum Gasteiger partial charge on any atom is -0.355 e. The topological polar surface area (TPSA) is 12.0 Å². The van der Waals surface area contributed by atoms with E-state index in [0.29, 0.717) is 0 Å². The van der Waals surface area contributed by atoms with E-state index in [9.17, 15) is 0 Å². The van der Waals surface area contributed by atoms with Crippen molar-refractivity contribution in [2.24, 2.45) is 0 Å². The van der Waals surface area contributed by atoms with Gasteiger partial charge < -0.3 is 5.32 Å². The summed E-state index contributed by atoms with van der Waals surface area (Å²) >= 11 is 0. The van der Waals surface area contributed by atoms with E-state index in [1.807, 2.05) is 0 Å². The molecule has 0 saturated carbocycles. The van der Waals surface area contributed by atoms with E-state index in [2.05, 4.69) is 189 Å². The number of nitrogens with one attached hydrogen (secondary N) is 1. The Morgan fingerprint density at radius 2 is 0.783 bits per heavy atom. The number of hydrogen-bond acceptors (Lipinski definition) is 1. The molecule has 0 aliphatic heterocycles. The molecule has 1 heteroatoms. The molecule has 0 aromatic heterocycles. The molecule has 1 nitrogen and oxygen atoms in total. The van der Waals surface area contributed by atoms with Crippen LogP contribution in [0.25, 0.3) is 55.6 Å². The fraction of sp³-hybridized carbons (Fsp3) is 0.0667. The SMILES string of the molecule is CC1(C)c2cc(Nc3ccccc3-c3ccc(-c4ccccc4)cc3)ccc2-c2ccc(-c3ccc(-c4ccccc4)cc3)cc21. The second-order valence-electron chi connectivity index (χ2n) is 12.7. The maximum atomic E-state index is 3.77. The van der Waals surface area contributed by atoms with Gasteiger partial charge in [0, 0.05) is 22.4 Å². The van der Waals surface area contributed by atoms with Crippen molar-refractivity contribution >= 4 is 11.4 Å². The molecule has 0 unspecified atom stereocenters. The van der Waals surface area contributed by atoms with E-state index in [1.165, 1.54) is 66.8 Å². The third-order valence-electron chi connectivity index (χ3n) is 9.51. The normalized spacial score (nSPS) is 12.7. The van der Waals surface area contributed by atoms with Crippen LogP contribution in [0.4, 0.5) is 11.4 Å². The molecule has 1 aliphatic carbocycles. The molecule has 7 aromatic rings. The number of hydrogen-bond donors (Lipinski definition) is 1. The lowest BCUT2D eigenvalue weighted by molar-refractivity contribution is 0.661. The highest BCUT2D eigenvalue weighted by atomic mass is 14.9. The second kappa shape index (κ2) is 11.4. The van der Waals surface area contributed by atoms with Gasteiger partial charge >= 0.3 is 0 Å². The molecule has 0 radical (unpaired) electrons. The molecule has 0 atom stereocenters. The summed E-state index contributed by atoms with van der Waals surface area (Å²) in [4.78, 5) is 0. The van der Waals surface area contributed by atoms with Gasteiger partial charge in [-0.25, -0.2) is 0 Å². The molecule has 7 aromatic carbocycles. The monoisotopic (exact) mass is 589 g/mol. The summed E-state index contributed by atoms with van der Waals surface area (Å²) in [5, 5.41) is 3.77. The molecule has 1 aliphatic rings. The molecule has 0 saturated heterocycles. The minimum absolute atomic E-state index is 0.116. The molecule has 0 amide bonds. The molecule has 220 valence electrons. The van der Waals surface area contributed by atoms with Crippen LogP contribution in [-0.4, -0.2) is 0 Å². The summed E-state index contributed by atoms with van der Waals surface area (Å²) in [5.41, 5.74) is 17.3. The highest BCUT2D eigenvalue weighted by Gasteiger charge is 2.35. The van der Waals surface area contributed by atoms with Gasteiger partial charge in [0.15, 0.2) is 0 Å². The van der Waals surface area contributed by atoms with Crippen molar-refractivity contribution in [1.29, 1.82) is 0 Å². The lowest BCUT2D eigenvalue weighted by Crippen LogP contribution is -2.15. The first-order chi connectivity index (χ1) is 22.5. The van der Waals surface area contributed by atoms with Crippen LogP contribution >= 0.6 is 0 Å². The smallest absolute Gasteiger partial charge is 0.0463 e. The van der Waals surface area contributed by atoms with Crippen LogP contribution < -0.4 is 5.32 Å². The van der Waals surface area contributed by atoms with Crippen molar-refractivity contribution < 1.29 is 0 Å². The molecule has 1 N–H and O–H groups in total. The molecule has 8 rings (SSSR count). The molecule has 46 heavy (non-hydrogen) atoms. The average Bonchev–Trinajstić information content (AvgIpc) is 3.34. The lowest BCUT2D eigenvalue weighted by Gasteiger charge is -2.23. The Hall–Kier alpha value is -5.66. The van der Waals surface area contributed by atoms with Gasteiger partial charge in [0.2, 0.25) is 0 Å². The number of para-hydroxylation sites is 1. The first-order valence-corrected chi connectivity index (χ1v) is 16.0. The first-order valence-electron chi connectivity index (χ1n) is 16.0. The lowest BCUT2D eigenvalue weighted by atomic mass is 9.81. The van der Waals surface area contributed by atoms with Crippen molar-refractivity contribution in [2.45, 2.75) is 19.3 Å². The molecule has 0 heterocycles. The fourth-order valence-electron chi connectivity index (χ4n) is 6.95. The maximum Gasteiger partial charge on any atom is 0.0463 e. The van der Waals surface area contributed by atoms with Gasteiger partial charge in [0.1, 0.15) is 0 Å². The van der Waals surface area contributed by atoms with Crippen LogP contribution in [0.15, 0.2) is 170 Å². The van der Waals surface area contributed by atoms with Crippen LogP contribution in [0.1, 0.15) is 25.0 Å². The van der Waals surface area contributed by atoms with Crippen LogP contribution in [0, 0.1) is 0 Å². The minimum atomic E-state index is -0.116. The van der Waals surface area contributed by atoms with Crippen LogP contribution in [0.5, 0.6) is 0 Å². The van der Waals surface area contributed by atoms with Gasteiger partial charge in [-0.15, -0.1) is 0 Å². The maximum absolute atomic E-state index is 3.77. The third-order valence-corrected chi connectivity index (χ3v) is 9.51. The van der Waals surface area contributed by atoms with Gasteiger partial charge in [-0.05, 0) is 85.5 Å². The summed E-state index contributed by atoms with van der Waals surface area (Å²) < 4.78 is 0. The molecular weight excluding hydrogens is 555 g/mol. The highest BCUT2D eigenvalue weighted by molar-refractivity contribution is 5.87. The van der Waals surface area contributed by atoms with Crippen LogP contribution in [-0.2, 0) is 5.41 Å². The van der Waals surface area contributed by atoms with Gasteiger partial charge in [0.05, 0.1) is 0 Å². The Bertz CT molecular complexity index is 2160. The average molecular weight is 590 g/mol. The van der Waals surface area contributed by atoms with Crippen molar-refractivity contribution in [3.63, 3.8) is 0 Å². The largest absolute Gasteiger partial charge is 0.355 e. The van der Waals surface area contributed by atoms with Crippen molar-refractivity contribution in [1.82, 2.24) is 0 Å². The summed E-state index contributed by atoms with van der Waals surface area (Å²) in [7, 11) is 0. The first kappa shape index (κ1) is 27.9. The van der Waals surface area contributed by atoms with E-state index < -0.39 is 0 Å². The summed E-state index contributed by atoms with van der Waals surface area (Å²) in [6, 6.07) is 61.3. The molecule has 0 spiro atoms. The Kier molecular flexibility index (Phi) is 6.88. The number of anilines is 2. The Balaban J connectivity index is 1.07. The Labute approximate surface area is 271 Å².